The molecule has 0 aliphatic carbocycles. The molecule has 0 radical (unpaired) electrons. The van der Waals surface area contributed by atoms with Gasteiger partial charge in [-0.05, 0) is 36.9 Å². The van der Waals surface area contributed by atoms with Crippen molar-refractivity contribution in [1.29, 1.82) is 0 Å². The van der Waals surface area contributed by atoms with Gasteiger partial charge in [0, 0.05) is 43.4 Å². The molecule has 2 aromatic carbocycles. The molecule has 0 atom stereocenters. The van der Waals surface area contributed by atoms with E-state index in [1.165, 1.54) is 29.5 Å². The van der Waals surface area contributed by atoms with Crippen molar-refractivity contribution in [3.8, 4) is 11.5 Å². The number of hydrogen-bond acceptors (Lipinski definition) is 8. The molecule has 1 aliphatic heterocycles. The maximum absolute atomic E-state index is 13.2. The lowest BCUT2D eigenvalue weighted by molar-refractivity contribution is -0.384. The predicted octanol–water partition coefficient (Wildman–Crippen LogP) is 4.74. The number of nitro groups is 1. The molecule has 180 valence electrons. The second-order valence-electron chi connectivity index (χ2n) is 7.37. The molecule has 0 saturated heterocycles. The largest absolute Gasteiger partial charge is 0.454 e. The Labute approximate surface area is 207 Å². The van der Waals surface area contributed by atoms with Crippen LogP contribution in [0.5, 0.6) is 11.5 Å². The highest BCUT2D eigenvalue weighted by Crippen LogP contribution is 2.39. The van der Waals surface area contributed by atoms with Crippen LogP contribution in [0, 0.1) is 10.1 Å². The molecular weight excluding hydrogens is 480 g/mol. The molecule has 9 nitrogen and oxygen atoms in total. The number of ether oxygens (including phenoxy) is 2. The Balaban J connectivity index is 0.00000324. The Bertz CT molecular complexity index is 1150. The van der Waals surface area contributed by atoms with E-state index in [-0.39, 0.29) is 30.8 Å². The van der Waals surface area contributed by atoms with Crippen LogP contribution in [0.2, 0.25) is 0 Å². The number of non-ortho nitro benzene ring substituents is 1. The summed E-state index contributed by atoms with van der Waals surface area (Å²) in [6.45, 7) is 7.34. The number of carbonyl (C=O) groups excluding carboxylic acids is 1. The number of rotatable bonds is 9. The quantitative estimate of drug-likeness (QED) is 0.236. The maximum atomic E-state index is 13.2. The van der Waals surface area contributed by atoms with Gasteiger partial charge in [0.05, 0.1) is 15.1 Å². The second-order valence-corrected chi connectivity index (χ2v) is 8.38. The van der Waals surface area contributed by atoms with Gasteiger partial charge in [-0.25, -0.2) is 4.98 Å². The van der Waals surface area contributed by atoms with Crippen molar-refractivity contribution in [3.05, 3.63) is 58.2 Å². The van der Waals surface area contributed by atoms with Crippen LogP contribution in [0.1, 0.15) is 19.4 Å². The SMILES string of the molecule is CCN(CC)CCN(C(=O)C=Cc1ccc([N+](=O)[O-])cc1)c1nc2cc3c(cc2s1)OCO3.Cl. The van der Waals surface area contributed by atoms with Gasteiger partial charge in [-0.2, -0.15) is 0 Å². The van der Waals surface area contributed by atoms with Gasteiger partial charge in [-0.3, -0.25) is 19.8 Å². The summed E-state index contributed by atoms with van der Waals surface area (Å²) in [6, 6.07) is 9.77. The first-order valence-corrected chi connectivity index (χ1v) is 11.5. The summed E-state index contributed by atoms with van der Waals surface area (Å²) in [7, 11) is 0. The molecule has 4 rings (SSSR count). The molecule has 1 aromatic heterocycles. The van der Waals surface area contributed by atoms with Crippen LogP contribution < -0.4 is 14.4 Å². The topological polar surface area (TPSA) is 98.0 Å². The van der Waals surface area contributed by atoms with Gasteiger partial charge in [-0.15, -0.1) is 12.4 Å². The molecular formula is C23H25ClN4O5S. The van der Waals surface area contributed by atoms with Crippen molar-refractivity contribution >= 4 is 56.8 Å². The van der Waals surface area contributed by atoms with Crippen molar-refractivity contribution < 1.29 is 19.2 Å². The zero-order valence-electron chi connectivity index (χ0n) is 18.8. The Morgan fingerprint density at radius 1 is 1.15 bits per heavy atom. The van der Waals surface area contributed by atoms with Crippen molar-refractivity contribution in [3.63, 3.8) is 0 Å². The number of aromatic nitrogens is 1. The number of halogens is 1. The first kappa shape index (κ1) is 25.4. The number of likely N-dealkylation sites (N-methyl/N-ethyl adjacent to an activating group) is 1. The number of nitrogens with zero attached hydrogens (tertiary/aromatic N) is 4. The molecule has 2 heterocycles. The highest BCUT2D eigenvalue weighted by Gasteiger charge is 2.21. The lowest BCUT2D eigenvalue weighted by atomic mass is 10.2. The summed E-state index contributed by atoms with van der Waals surface area (Å²) in [5.74, 6) is 1.12. The smallest absolute Gasteiger partial charge is 0.269 e. The zero-order chi connectivity index (χ0) is 23.4. The van der Waals surface area contributed by atoms with Crippen LogP contribution in [0.3, 0.4) is 0 Å². The van der Waals surface area contributed by atoms with Gasteiger partial charge in [0.1, 0.15) is 0 Å². The lowest BCUT2D eigenvalue weighted by Crippen LogP contribution is -2.38. The molecule has 0 bridgehead atoms. The van der Waals surface area contributed by atoms with Crippen LogP contribution in [0.4, 0.5) is 10.8 Å². The van der Waals surface area contributed by atoms with Gasteiger partial charge in [-0.1, -0.05) is 25.2 Å². The lowest BCUT2D eigenvalue weighted by Gasteiger charge is -2.23. The Hall–Kier alpha value is -3.21. The standard InChI is InChI=1S/C23H24N4O5S.ClH/c1-3-25(4-2)11-12-26(22(28)10-7-16-5-8-17(9-6-16)27(29)30)23-24-18-13-19-20(32-15-31-19)14-21(18)33-23;/h5-10,13-14H,3-4,11-12,15H2,1-2H3;1H. The molecule has 1 amide bonds. The van der Waals surface area contributed by atoms with E-state index in [1.807, 2.05) is 12.1 Å². The third-order valence-electron chi connectivity index (χ3n) is 5.42. The average molecular weight is 505 g/mol. The molecule has 0 saturated carbocycles. The van der Waals surface area contributed by atoms with Gasteiger partial charge in [0.25, 0.3) is 11.6 Å². The molecule has 11 heteroatoms. The first-order valence-electron chi connectivity index (χ1n) is 10.6. The number of fused-ring (bicyclic) bond motifs is 2. The summed E-state index contributed by atoms with van der Waals surface area (Å²) in [5.41, 5.74) is 1.46. The third-order valence-corrected chi connectivity index (χ3v) is 6.47. The number of amides is 1. The number of carbonyl (C=O) groups is 1. The maximum Gasteiger partial charge on any atom is 0.269 e. The first-order chi connectivity index (χ1) is 16.0. The highest BCUT2D eigenvalue weighted by atomic mass is 35.5. The minimum absolute atomic E-state index is 0. The van der Waals surface area contributed by atoms with Crippen LogP contribution >= 0.6 is 23.7 Å². The van der Waals surface area contributed by atoms with Gasteiger partial charge in [0.15, 0.2) is 16.6 Å². The van der Waals surface area contributed by atoms with Gasteiger partial charge >= 0.3 is 0 Å². The summed E-state index contributed by atoms with van der Waals surface area (Å²) >= 11 is 1.42. The van der Waals surface area contributed by atoms with Crippen LogP contribution in [-0.2, 0) is 4.79 Å². The number of thiazole rings is 1. The number of nitro benzene ring substituents is 1. The summed E-state index contributed by atoms with van der Waals surface area (Å²) in [6.07, 6.45) is 3.13. The number of anilines is 1. The zero-order valence-corrected chi connectivity index (χ0v) is 20.4. The van der Waals surface area contributed by atoms with Crippen molar-refractivity contribution in [2.75, 3.05) is 37.9 Å². The molecule has 34 heavy (non-hydrogen) atoms. The fourth-order valence-electron chi connectivity index (χ4n) is 3.47. The summed E-state index contributed by atoms with van der Waals surface area (Å²) in [5, 5.41) is 11.4. The summed E-state index contributed by atoms with van der Waals surface area (Å²) < 4.78 is 11.8. The van der Waals surface area contributed by atoms with Crippen molar-refractivity contribution in [2.45, 2.75) is 13.8 Å². The Morgan fingerprint density at radius 3 is 2.47 bits per heavy atom. The molecule has 3 aromatic rings. The van der Waals surface area contributed by atoms with E-state index < -0.39 is 4.92 Å². The Morgan fingerprint density at radius 2 is 1.82 bits per heavy atom. The van der Waals surface area contributed by atoms with Gasteiger partial charge < -0.3 is 14.4 Å². The molecule has 0 spiro atoms. The summed E-state index contributed by atoms with van der Waals surface area (Å²) in [4.78, 5) is 32.2. The molecule has 1 aliphatic rings. The van der Waals surface area contributed by atoms with E-state index >= 15 is 0 Å². The third kappa shape index (κ3) is 5.64. The van der Waals surface area contributed by atoms with Crippen LogP contribution in [0.15, 0.2) is 42.5 Å². The molecule has 0 unspecified atom stereocenters. The van der Waals surface area contributed by atoms with E-state index in [0.29, 0.717) is 35.3 Å². The number of hydrogen-bond donors (Lipinski definition) is 0. The van der Waals surface area contributed by atoms with Crippen molar-refractivity contribution in [2.24, 2.45) is 0 Å². The van der Waals surface area contributed by atoms with E-state index in [9.17, 15) is 14.9 Å². The van der Waals surface area contributed by atoms with Gasteiger partial charge in [0.2, 0.25) is 6.79 Å². The van der Waals surface area contributed by atoms with Crippen molar-refractivity contribution in [1.82, 2.24) is 9.88 Å². The Kier molecular flexibility index (Phi) is 8.43. The fourth-order valence-corrected chi connectivity index (χ4v) is 4.47. The van der Waals surface area contributed by atoms with E-state index in [1.54, 1.807) is 23.1 Å². The number of benzene rings is 2. The average Bonchev–Trinajstić information content (AvgIpc) is 3.44. The van der Waals surface area contributed by atoms with Crippen LogP contribution in [0.25, 0.3) is 16.3 Å². The second kappa shape index (κ2) is 11.3. The monoisotopic (exact) mass is 504 g/mol. The van der Waals surface area contributed by atoms with Crippen LogP contribution in [-0.4, -0.2) is 53.7 Å². The normalized spacial score (nSPS) is 12.3. The van der Waals surface area contributed by atoms with E-state index in [4.69, 9.17) is 9.47 Å². The minimum atomic E-state index is -0.452. The van der Waals surface area contributed by atoms with E-state index in [0.717, 1.165) is 23.3 Å². The highest BCUT2D eigenvalue weighted by molar-refractivity contribution is 7.22. The molecule has 0 N–H and O–H groups in total. The fraction of sp³-hybridized carbons (Fsp3) is 0.304. The molecule has 0 fully saturated rings. The minimum Gasteiger partial charge on any atom is -0.454 e. The predicted molar refractivity (Wildman–Crippen MR) is 135 cm³/mol. The van der Waals surface area contributed by atoms with E-state index in [2.05, 4.69) is 23.7 Å².